The predicted octanol–water partition coefficient (Wildman–Crippen LogP) is 6.41. The van der Waals surface area contributed by atoms with Gasteiger partial charge in [-0.15, -0.1) is 0 Å². The van der Waals surface area contributed by atoms with Crippen LogP contribution in [0.3, 0.4) is 0 Å². The van der Waals surface area contributed by atoms with Crippen LogP contribution in [-0.2, 0) is 31.2 Å². The minimum atomic E-state index is -1.11. The van der Waals surface area contributed by atoms with Gasteiger partial charge in [0, 0.05) is 50.5 Å². The van der Waals surface area contributed by atoms with E-state index in [1.165, 1.54) is 6.92 Å². The molecule has 0 aromatic heterocycles. The molecule has 1 heterocycles. The van der Waals surface area contributed by atoms with Crippen LogP contribution < -0.4 is 5.32 Å². The van der Waals surface area contributed by atoms with Gasteiger partial charge in [-0.25, -0.2) is 0 Å². The van der Waals surface area contributed by atoms with E-state index in [2.05, 4.69) is 31.3 Å². The molecule has 3 atom stereocenters. The second-order valence-corrected chi connectivity index (χ2v) is 11.1. The maximum Gasteiger partial charge on any atom is 0.216 e. The third-order valence-electron chi connectivity index (χ3n) is 7.42. The van der Waals surface area contributed by atoms with Gasteiger partial charge in [0.25, 0.3) is 0 Å². The fourth-order valence-corrected chi connectivity index (χ4v) is 5.54. The number of nitrogens with one attached hydrogen (secondary N) is 1. The van der Waals surface area contributed by atoms with Crippen molar-refractivity contribution in [3.63, 3.8) is 0 Å². The zero-order valence-corrected chi connectivity index (χ0v) is 25.2. The van der Waals surface area contributed by atoms with E-state index in [1.807, 2.05) is 49.4 Å². The van der Waals surface area contributed by atoms with Crippen molar-refractivity contribution in [2.45, 2.75) is 58.7 Å². The van der Waals surface area contributed by atoms with Crippen molar-refractivity contribution in [1.29, 1.82) is 0 Å². The van der Waals surface area contributed by atoms with Crippen molar-refractivity contribution in [1.82, 2.24) is 5.32 Å². The van der Waals surface area contributed by atoms with Gasteiger partial charge in [0.15, 0.2) is 0 Å². The molecular weight excluding hydrogens is 526 g/mol. The summed E-state index contributed by atoms with van der Waals surface area (Å²) in [7, 11) is 1.70. The molecule has 40 heavy (non-hydrogen) atoms. The van der Waals surface area contributed by atoms with Gasteiger partial charge in [-0.2, -0.15) is 0 Å². The minimum absolute atomic E-state index is 0.0366. The van der Waals surface area contributed by atoms with Crippen LogP contribution in [0.15, 0.2) is 60.2 Å². The molecule has 2 aromatic carbocycles. The summed E-state index contributed by atoms with van der Waals surface area (Å²) < 4.78 is 16.9. The van der Waals surface area contributed by atoms with Crippen molar-refractivity contribution in [3.8, 4) is 0 Å². The van der Waals surface area contributed by atoms with Crippen molar-refractivity contribution in [2.24, 2.45) is 5.92 Å². The Hall–Kier alpha value is -2.48. The Bertz CT molecular complexity index is 1180. The Morgan fingerprint density at radius 2 is 1.98 bits per heavy atom. The van der Waals surface area contributed by atoms with Crippen LogP contribution in [0.4, 0.5) is 0 Å². The van der Waals surface area contributed by atoms with Crippen LogP contribution in [0.5, 0.6) is 0 Å². The van der Waals surface area contributed by atoms with E-state index in [9.17, 15) is 9.90 Å². The number of aliphatic hydroxyl groups is 1. The van der Waals surface area contributed by atoms with Gasteiger partial charge in [-0.1, -0.05) is 72.6 Å². The second kappa shape index (κ2) is 15.5. The van der Waals surface area contributed by atoms with E-state index in [-0.39, 0.29) is 11.8 Å². The molecule has 3 unspecified atom stereocenters. The molecule has 2 aromatic rings. The third-order valence-corrected chi connectivity index (χ3v) is 7.75. The van der Waals surface area contributed by atoms with Gasteiger partial charge in [0.1, 0.15) is 5.60 Å². The van der Waals surface area contributed by atoms with Crippen molar-refractivity contribution >= 4 is 23.1 Å². The molecule has 1 amide bonds. The van der Waals surface area contributed by atoms with Crippen LogP contribution >= 0.6 is 11.6 Å². The fraction of sp³-hybridized carbons (Fsp3) is 0.485. The number of hydrogen-bond acceptors (Lipinski definition) is 5. The zero-order chi connectivity index (χ0) is 29.1. The number of benzene rings is 2. The van der Waals surface area contributed by atoms with Crippen LogP contribution in [0, 0.1) is 5.92 Å². The first-order chi connectivity index (χ1) is 19.2. The molecule has 1 aliphatic heterocycles. The second-order valence-electron chi connectivity index (χ2n) is 10.7. The number of allylic oxidation sites excluding steroid dienone is 3. The topological polar surface area (TPSA) is 77.0 Å². The van der Waals surface area contributed by atoms with Gasteiger partial charge in [0.2, 0.25) is 5.91 Å². The van der Waals surface area contributed by atoms with Gasteiger partial charge in [-0.3, -0.25) is 4.79 Å². The Morgan fingerprint density at radius 1 is 1.23 bits per heavy atom. The number of hydrogen-bond donors (Lipinski definition) is 2. The minimum Gasteiger partial charge on any atom is -0.384 e. The van der Waals surface area contributed by atoms with Crippen LogP contribution in [-0.4, -0.2) is 51.1 Å². The summed E-state index contributed by atoms with van der Waals surface area (Å²) in [5, 5.41) is 15.5. The largest absolute Gasteiger partial charge is 0.384 e. The molecule has 0 bridgehead atoms. The molecule has 1 aliphatic rings. The average Bonchev–Trinajstić information content (AvgIpc) is 2.92. The molecule has 7 heteroatoms. The lowest BCUT2D eigenvalue weighted by molar-refractivity contribution is -0.118. The lowest BCUT2D eigenvalue weighted by Gasteiger charge is -2.41. The SMILES string of the molecule is CC=CC(=C(C)CCNC(C)=O)c1ccc(C2COCCC2(O)c2ccc(COCC(C)COC)cc2)c(Cl)c1. The van der Waals surface area contributed by atoms with Gasteiger partial charge in [0.05, 0.1) is 26.4 Å². The molecule has 0 spiro atoms. The van der Waals surface area contributed by atoms with Crippen molar-refractivity contribution < 1.29 is 24.1 Å². The van der Waals surface area contributed by atoms with E-state index in [4.69, 9.17) is 25.8 Å². The number of ether oxygens (including phenoxy) is 3. The van der Waals surface area contributed by atoms with E-state index in [0.717, 1.165) is 39.8 Å². The lowest BCUT2D eigenvalue weighted by atomic mass is 9.74. The maximum atomic E-state index is 12.0. The highest BCUT2D eigenvalue weighted by molar-refractivity contribution is 6.31. The molecule has 1 saturated heterocycles. The highest BCUT2D eigenvalue weighted by Crippen LogP contribution is 2.45. The first kappa shape index (κ1) is 32.0. The summed E-state index contributed by atoms with van der Waals surface area (Å²) >= 11 is 6.91. The Kier molecular flexibility index (Phi) is 12.4. The summed E-state index contributed by atoms with van der Waals surface area (Å²) in [6.07, 6.45) is 5.29. The molecule has 2 N–H and O–H groups in total. The van der Waals surface area contributed by atoms with Crippen LogP contribution in [0.1, 0.15) is 68.7 Å². The summed E-state index contributed by atoms with van der Waals surface area (Å²) in [5.41, 5.74) is 4.89. The smallest absolute Gasteiger partial charge is 0.216 e. The monoisotopic (exact) mass is 569 g/mol. The van der Waals surface area contributed by atoms with E-state index in [1.54, 1.807) is 7.11 Å². The average molecular weight is 570 g/mol. The summed E-state index contributed by atoms with van der Waals surface area (Å²) in [4.78, 5) is 11.3. The predicted molar refractivity (Wildman–Crippen MR) is 161 cm³/mol. The zero-order valence-electron chi connectivity index (χ0n) is 24.5. The van der Waals surface area contributed by atoms with E-state index < -0.39 is 5.60 Å². The summed E-state index contributed by atoms with van der Waals surface area (Å²) in [6.45, 7) is 10.9. The molecular formula is C33H44ClNO5. The van der Waals surface area contributed by atoms with Crippen LogP contribution in [0.2, 0.25) is 5.02 Å². The normalized spacial score (nSPS) is 20.8. The summed E-state index contributed by atoms with van der Waals surface area (Å²) in [6, 6.07) is 14.0. The molecule has 1 fully saturated rings. The number of halogens is 1. The van der Waals surface area contributed by atoms with Gasteiger partial charge >= 0.3 is 0 Å². The Labute approximate surface area is 244 Å². The number of carbonyl (C=O) groups excluding carboxylic acids is 1. The van der Waals surface area contributed by atoms with Crippen molar-refractivity contribution in [3.05, 3.63) is 87.5 Å². The first-order valence-electron chi connectivity index (χ1n) is 14.0. The third kappa shape index (κ3) is 8.51. The Balaban J connectivity index is 1.82. The highest BCUT2D eigenvalue weighted by Gasteiger charge is 2.43. The molecule has 0 saturated carbocycles. The maximum absolute atomic E-state index is 12.0. The number of methoxy groups -OCH3 is 1. The van der Waals surface area contributed by atoms with Crippen molar-refractivity contribution in [2.75, 3.05) is 40.1 Å². The van der Waals surface area contributed by atoms with Gasteiger partial charge in [-0.05, 0) is 54.2 Å². The number of rotatable bonds is 13. The van der Waals surface area contributed by atoms with Gasteiger partial charge < -0.3 is 24.6 Å². The lowest BCUT2D eigenvalue weighted by Crippen LogP contribution is -2.41. The summed E-state index contributed by atoms with van der Waals surface area (Å²) in [5.74, 6) is -0.0123. The fourth-order valence-electron chi connectivity index (χ4n) is 5.22. The van der Waals surface area contributed by atoms with E-state index in [0.29, 0.717) is 56.9 Å². The first-order valence-corrected chi connectivity index (χ1v) is 14.4. The highest BCUT2D eigenvalue weighted by atomic mass is 35.5. The molecule has 6 nitrogen and oxygen atoms in total. The van der Waals surface area contributed by atoms with E-state index >= 15 is 0 Å². The number of amides is 1. The number of carbonyl (C=O) groups is 1. The molecule has 0 aliphatic carbocycles. The standard InChI is InChI=1S/C33H44ClNO5/c1-6-7-29(24(3)14-16-35-25(4)36)27-10-13-30(32(34)18-27)31-22-39-17-15-33(31,37)28-11-8-26(9-12-28)21-40-20-23(2)19-38-5/h6-13,18,23,31,37H,14-17,19-22H2,1-5H3,(H,35,36). The Morgan fingerprint density at radius 3 is 2.62 bits per heavy atom. The molecule has 0 radical (unpaired) electrons. The van der Waals surface area contributed by atoms with Crippen LogP contribution in [0.25, 0.3) is 5.57 Å². The molecule has 3 rings (SSSR count). The quantitative estimate of drug-likeness (QED) is 0.273. The molecule has 218 valence electrons.